The van der Waals surface area contributed by atoms with Crippen LogP contribution < -0.4 is 0 Å². The zero-order valence-corrected chi connectivity index (χ0v) is 23.8. The maximum atomic E-state index is 11.4. The second kappa shape index (κ2) is 12.0. The molecule has 10 atom stereocenters. The summed E-state index contributed by atoms with van der Waals surface area (Å²) < 4.78 is 17.7. The summed E-state index contributed by atoms with van der Waals surface area (Å²) in [5.74, 6) is 0. The molecule has 4 aromatic rings. The molecule has 19 heteroatoms. The Hall–Kier alpha value is -3.27. The molecule has 0 spiro atoms. The summed E-state index contributed by atoms with van der Waals surface area (Å²) in [5.41, 5.74) is -0.0868. The van der Waals surface area contributed by atoms with Crippen LogP contribution in [0.2, 0.25) is 0 Å². The average Bonchev–Trinajstić information content (AvgIpc) is 3.80. The van der Waals surface area contributed by atoms with E-state index in [1.807, 2.05) is 0 Å². The largest absolute Gasteiger partial charge is 0.394 e. The zero-order chi connectivity index (χ0) is 30.4. The van der Waals surface area contributed by atoms with Gasteiger partial charge in [0.1, 0.15) is 71.0 Å². The quantitative estimate of drug-likeness (QED) is 0.116. The number of aryl methyl sites for hydroxylation is 2. The first-order valence-electron chi connectivity index (χ1n) is 13.4. The van der Waals surface area contributed by atoms with Crippen molar-refractivity contribution in [1.29, 1.82) is 0 Å². The van der Waals surface area contributed by atoms with Gasteiger partial charge in [0.05, 0.1) is 62.0 Å². The molecule has 0 saturated carbocycles. The number of aromatic nitrogens is 10. The van der Waals surface area contributed by atoms with Gasteiger partial charge in [0.15, 0.2) is 0 Å². The molecule has 232 valence electrons. The molecule has 0 radical (unpaired) electrons. The van der Waals surface area contributed by atoms with Gasteiger partial charge in [0.25, 0.3) is 0 Å². The highest BCUT2D eigenvalue weighted by atomic mass is 32.2. The molecule has 2 saturated heterocycles. The molecule has 6 N–H and O–H groups in total. The summed E-state index contributed by atoms with van der Waals surface area (Å²) in [6, 6.07) is -2.18. The molecule has 0 aliphatic carbocycles. The van der Waals surface area contributed by atoms with E-state index < -0.39 is 72.8 Å². The molecule has 4 aromatic heterocycles. The Balaban J connectivity index is 1.25. The predicted molar refractivity (Wildman–Crippen MR) is 146 cm³/mol. The SMILES string of the molecule is Cn1cncc1-c1cn(C2C(O)[C@@H](CO)O[C@@H](S[C@@H]3OC(CO)[C@H](O)[C@H](n4cc(-c5cncn5C)nn4)C3O)[C@@H]2O)nn1. The Morgan fingerprint density at radius 3 is 1.47 bits per heavy atom. The van der Waals surface area contributed by atoms with Gasteiger partial charge in [-0.05, 0) is 0 Å². The lowest BCUT2D eigenvalue weighted by atomic mass is 9.97. The van der Waals surface area contributed by atoms with Crippen LogP contribution in [0.15, 0.2) is 37.4 Å². The first kappa shape index (κ1) is 29.8. The van der Waals surface area contributed by atoms with Gasteiger partial charge < -0.3 is 49.2 Å². The number of aliphatic hydroxyl groups is 6. The normalized spacial score (nSPS) is 33.2. The van der Waals surface area contributed by atoms with Gasteiger partial charge in [-0.15, -0.1) is 10.2 Å². The van der Waals surface area contributed by atoms with Crippen LogP contribution in [0.1, 0.15) is 12.1 Å². The number of imidazole rings is 2. The Morgan fingerprint density at radius 1 is 0.698 bits per heavy atom. The van der Waals surface area contributed by atoms with Gasteiger partial charge in [-0.1, -0.05) is 22.2 Å². The molecule has 4 unspecified atom stereocenters. The molecule has 0 bridgehead atoms. The van der Waals surface area contributed by atoms with Gasteiger partial charge in [0.2, 0.25) is 0 Å². The summed E-state index contributed by atoms with van der Waals surface area (Å²) in [5, 5.41) is 81.3. The maximum Gasteiger partial charge on any atom is 0.134 e. The summed E-state index contributed by atoms with van der Waals surface area (Å²) in [4.78, 5) is 8.13. The van der Waals surface area contributed by atoms with Crippen molar-refractivity contribution >= 4 is 11.8 Å². The third-order valence-corrected chi connectivity index (χ3v) is 9.07. The lowest BCUT2D eigenvalue weighted by Gasteiger charge is -2.46. The van der Waals surface area contributed by atoms with Crippen LogP contribution in [0.3, 0.4) is 0 Å². The van der Waals surface area contributed by atoms with Crippen molar-refractivity contribution in [3.8, 4) is 22.8 Å². The molecule has 43 heavy (non-hydrogen) atoms. The van der Waals surface area contributed by atoms with Gasteiger partial charge in [-0.25, -0.2) is 19.3 Å². The smallest absolute Gasteiger partial charge is 0.134 e. The Kier molecular flexibility index (Phi) is 8.33. The fraction of sp³-hybridized carbons (Fsp3) is 0.583. The van der Waals surface area contributed by atoms with Crippen molar-refractivity contribution < 1.29 is 40.1 Å². The van der Waals surface area contributed by atoms with Crippen LogP contribution in [0.4, 0.5) is 0 Å². The molecule has 2 aliphatic rings. The monoisotopic (exact) mass is 620 g/mol. The maximum absolute atomic E-state index is 11.4. The van der Waals surface area contributed by atoms with E-state index in [2.05, 4.69) is 30.6 Å². The van der Waals surface area contributed by atoms with Crippen LogP contribution in [0, 0.1) is 0 Å². The molecular weight excluding hydrogens is 588 g/mol. The van der Waals surface area contributed by atoms with Gasteiger partial charge >= 0.3 is 0 Å². The van der Waals surface area contributed by atoms with E-state index in [9.17, 15) is 30.6 Å². The summed E-state index contributed by atoms with van der Waals surface area (Å²) in [7, 11) is 3.57. The number of nitrogens with zero attached hydrogens (tertiary/aromatic N) is 10. The number of aliphatic hydroxyl groups excluding tert-OH is 6. The Morgan fingerprint density at radius 2 is 1.12 bits per heavy atom. The molecule has 2 fully saturated rings. The zero-order valence-electron chi connectivity index (χ0n) is 23.0. The van der Waals surface area contributed by atoms with Gasteiger partial charge in [0, 0.05) is 14.1 Å². The highest BCUT2D eigenvalue weighted by molar-refractivity contribution is 8.00. The van der Waals surface area contributed by atoms with Crippen LogP contribution in [-0.4, -0.2) is 140 Å². The van der Waals surface area contributed by atoms with Crippen molar-refractivity contribution in [3.63, 3.8) is 0 Å². The van der Waals surface area contributed by atoms with E-state index in [1.165, 1.54) is 9.36 Å². The molecule has 6 rings (SSSR count). The summed E-state index contributed by atoms with van der Waals surface area (Å²) in [6.45, 7) is -1.15. The number of thioether (sulfide) groups is 1. The minimum Gasteiger partial charge on any atom is -0.394 e. The van der Waals surface area contributed by atoms with Gasteiger partial charge in [-0.3, -0.25) is 0 Å². The van der Waals surface area contributed by atoms with Gasteiger partial charge in [-0.2, -0.15) is 0 Å². The average molecular weight is 621 g/mol. The van der Waals surface area contributed by atoms with E-state index in [0.29, 0.717) is 22.8 Å². The van der Waals surface area contributed by atoms with Crippen LogP contribution in [0.25, 0.3) is 22.8 Å². The third kappa shape index (κ3) is 5.36. The second-order valence-corrected chi connectivity index (χ2v) is 11.7. The second-order valence-electron chi connectivity index (χ2n) is 10.5. The molecule has 2 aliphatic heterocycles. The van der Waals surface area contributed by atoms with Crippen LogP contribution in [-0.2, 0) is 23.6 Å². The number of rotatable bonds is 8. The van der Waals surface area contributed by atoms with Crippen molar-refractivity contribution in [1.82, 2.24) is 49.1 Å². The van der Waals surface area contributed by atoms with E-state index in [0.717, 1.165) is 11.8 Å². The van der Waals surface area contributed by atoms with Crippen molar-refractivity contribution in [2.75, 3.05) is 13.2 Å². The van der Waals surface area contributed by atoms with E-state index in [-0.39, 0.29) is 0 Å². The molecule has 0 amide bonds. The van der Waals surface area contributed by atoms with Crippen molar-refractivity contribution in [3.05, 3.63) is 37.4 Å². The summed E-state index contributed by atoms with van der Waals surface area (Å²) >= 11 is 0.871. The minimum atomic E-state index is -1.42. The Labute approximate surface area is 248 Å². The number of ether oxygens (including phenoxy) is 2. The topological polar surface area (TPSA) is 237 Å². The molecular formula is C24H32N10O8S. The lowest BCUT2D eigenvalue weighted by molar-refractivity contribution is -0.189. The van der Waals surface area contributed by atoms with Crippen LogP contribution >= 0.6 is 11.8 Å². The van der Waals surface area contributed by atoms with E-state index in [1.54, 1.807) is 60.7 Å². The van der Waals surface area contributed by atoms with E-state index in [4.69, 9.17) is 9.47 Å². The fourth-order valence-electron chi connectivity index (χ4n) is 5.41. The van der Waals surface area contributed by atoms with Crippen molar-refractivity contribution in [2.45, 2.75) is 59.6 Å². The first-order chi connectivity index (χ1) is 20.7. The standard InChI is InChI=1S/C24H32N10O8S/c1-31-9-25-3-13(31)11-5-33(29-27-11)17-19(37)15(7-35)41-23(21(17)39)43-24-22(40)18(20(38)16(8-36)42-24)34-6-12(28-30-34)14-4-26-10-32(14)2/h3-6,9-10,15-24,35-40H,7-8H2,1-2H3/t15-,16?,17?,18+,19?,20+,21-,22?,23+,24+/m1/s1. The first-order valence-corrected chi connectivity index (χ1v) is 14.3. The number of hydrogen-bond donors (Lipinski definition) is 6. The van der Waals surface area contributed by atoms with E-state index >= 15 is 0 Å². The summed E-state index contributed by atoms with van der Waals surface area (Å²) in [6.07, 6.45) is 1.66. The lowest BCUT2D eigenvalue weighted by Crippen LogP contribution is -2.58. The molecule has 0 aromatic carbocycles. The minimum absolute atomic E-state index is 0.447. The predicted octanol–water partition coefficient (Wildman–Crippen LogP) is -2.94. The fourth-order valence-corrected chi connectivity index (χ4v) is 6.73. The third-order valence-electron chi connectivity index (χ3n) is 7.75. The highest BCUT2D eigenvalue weighted by Crippen LogP contribution is 2.42. The molecule has 6 heterocycles. The van der Waals surface area contributed by atoms with Crippen LogP contribution in [0.5, 0.6) is 0 Å². The Bertz CT molecular complexity index is 1420. The highest BCUT2D eigenvalue weighted by Gasteiger charge is 2.51. The molecule has 18 nitrogen and oxygen atoms in total. The number of hydrogen-bond acceptors (Lipinski definition) is 15. The van der Waals surface area contributed by atoms with Crippen molar-refractivity contribution in [2.24, 2.45) is 14.1 Å².